The summed E-state index contributed by atoms with van der Waals surface area (Å²) in [6.07, 6.45) is -4.90. The molecule has 1 atom stereocenters. The van der Waals surface area contributed by atoms with Gasteiger partial charge in [-0.25, -0.2) is 14.2 Å². The Morgan fingerprint density at radius 1 is 1.25 bits per heavy atom. The molecule has 3 rings (SSSR count). The van der Waals surface area contributed by atoms with Gasteiger partial charge in [-0.2, -0.15) is 13.2 Å². The van der Waals surface area contributed by atoms with Gasteiger partial charge >= 0.3 is 12.3 Å². The van der Waals surface area contributed by atoms with Crippen LogP contribution in [0.4, 0.5) is 28.0 Å². The predicted molar refractivity (Wildman–Crippen MR) is 95.1 cm³/mol. The lowest BCUT2D eigenvalue weighted by atomic mass is 10.1. The lowest BCUT2D eigenvalue weighted by Crippen LogP contribution is -2.52. The maximum Gasteiger partial charge on any atom is 0.435 e. The van der Waals surface area contributed by atoms with Crippen molar-refractivity contribution in [1.82, 2.24) is 14.8 Å². The molecule has 0 aliphatic carbocycles. The summed E-state index contributed by atoms with van der Waals surface area (Å²) in [6.45, 7) is 3.92. The number of hydrogen-bond acceptors (Lipinski definition) is 4. The standard InChI is InChI=1S/C18H24F4N4O2/c1-12-10-26(17(27)28)7-6-25(12)11-13-8-15(16(23-9-13)18(20,21)22)24-4-2-14(19)3-5-24/h8-9,12,14H,2-7,10-11H2,1H3,(H,27,28). The van der Waals surface area contributed by atoms with E-state index in [0.717, 1.165) is 0 Å². The lowest BCUT2D eigenvalue weighted by molar-refractivity contribution is -0.140. The molecule has 28 heavy (non-hydrogen) atoms. The topological polar surface area (TPSA) is 59.9 Å². The van der Waals surface area contributed by atoms with Crippen LogP contribution in [-0.2, 0) is 12.7 Å². The second kappa shape index (κ2) is 8.10. The van der Waals surface area contributed by atoms with Crippen molar-refractivity contribution in [2.24, 2.45) is 0 Å². The van der Waals surface area contributed by atoms with E-state index >= 15 is 0 Å². The third kappa shape index (κ3) is 4.65. The van der Waals surface area contributed by atoms with E-state index in [9.17, 15) is 22.4 Å². The summed E-state index contributed by atoms with van der Waals surface area (Å²) in [5.41, 5.74) is -0.327. The van der Waals surface area contributed by atoms with Crippen molar-refractivity contribution in [2.45, 2.75) is 44.7 Å². The molecule has 2 saturated heterocycles. The number of halogens is 4. The maximum atomic E-state index is 13.4. The fraction of sp³-hybridized carbons (Fsp3) is 0.667. The van der Waals surface area contributed by atoms with E-state index in [2.05, 4.69) is 4.98 Å². The molecule has 2 fully saturated rings. The summed E-state index contributed by atoms with van der Waals surface area (Å²) in [5.74, 6) is 0. The average Bonchev–Trinajstić information content (AvgIpc) is 2.63. The summed E-state index contributed by atoms with van der Waals surface area (Å²) in [4.78, 5) is 19.7. The van der Waals surface area contributed by atoms with E-state index in [1.807, 2.05) is 11.8 Å². The van der Waals surface area contributed by atoms with E-state index in [-0.39, 0.29) is 37.7 Å². The first-order valence-electron chi connectivity index (χ1n) is 9.32. The van der Waals surface area contributed by atoms with Crippen LogP contribution in [0, 0.1) is 0 Å². The van der Waals surface area contributed by atoms with Crippen LogP contribution in [-0.4, -0.2) is 70.9 Å². The van der Waals surface area contributed by atoms with E-state index in [0.29, 0.717) is 31.7 Å². The maximum absolute atomic E-state index is 13.4. The summed E-state index contributed by atoms with van der Waals surface area (Å²) < 4.78 is 53.7. The van der Waals surface area contributed by atoms with Crippen molar-refractivity contribution in [3.8, 4) is 0 Å². The highest BCUT2D eigenvalue weighted by atomic mass is 19.4. The van der Waals surface area contributed by atoms with Gasteiger partial charge in [0.15, 0.2) is 5.69 Å². The normalized spacial score (nSPS) is 22.5. The monoisotopic (exact) mass is 404 g/mol. The zero-order valence-corrected chi connectivity index (χ0v) is 15.6. The zero-order valence-electron chi connectivity index (χ0n) is 15.6. The van der Waals surface area contributed by atoms with Crippen LogP contribution < -0.4 is 4.90 Å². The van der Waals surface area contributed by atoms with Gasteiger partial charge in [-0.15, -0.1) is 0 Å². The minimum Gasteiger partial charge on any atom is -0.465 e. The van der Waals surface area contributed by atoms with E-state index in [1.54, 1.807) is 4.90 Å². The highest BCUT2D eigenvalue weighted by molar-refractivity contribution is 5.65. The van der Waals surface area contributed by atoms with Gasteiger partial charge in [-0.05, 0) is 31.4 Å². The van der Waals surface area contributed by atoms with E-state index < -0.39 is 24.1 Å². The average molecular weight is 404 g/mol. The number of anilines is 1. The Kier molecular flexibility index (Phi) is 5.97. The quantitative estimate of drug-likeness (QED) is 0.784. The summed E-state index contributed by atoms with van der Waals surface area (Å²) >= 11 is 0. The van der Waals surface area contributed by atoms with Crippen LogP contribution in [0.5, 0.6) is 0 Å². The van der Waals surface area contributed by atoms with Gasteiger partial charge < -0.3 is 14.9 Å². The Balaban J connectivity index is 1.79. The molecule has 6 nitrogen and oxygen atoms in total. The predicted octanol–water partition coefficient (Wildman–Crippen LogP) is 3.22. The largest absolute Gasteiger partial charge is 0.465 e. The molecule has 1 aromatic rings. The molecule has 1 N–H and O–H groups in total. The second-order valence-corrected chi connectivity index (χ2v) is 7.42. The van der Waals surface area contributed by atoms with Gasteiger partial charge in [0.1, 0.15) is 6.17 Å². The van der Waals surface area contributed by atoms with Crippen LogP contribution >= 0.6 is 0 Å². The molecule has 0 radical (unpaired) electrons. The minimum atomic E-state index is -4.58. The fourth-order valence-electron chi connectivity index (χ4n) is 3.77. The number of carbonyl (C=O) groups is 1. The Morgan fingerprint density at radius 2 is 1.93 bits per heavy atom. The van der Waals surface area contributed by atoms with Crippen LogP contribution in [0.3, 0.4) is 0 Å². The molecular weight excluding hydrogens is 380 g/mol. The Hall–Kier alpha value is -2.10. The summed E-state index contributed by atoms with van der Waals surface area (Å²) in [7, 11) is 0. The van der Waals surface area contributed by atoms with Gasteiger partial charge in [0, 0.05) is 51.5 Å². The van der Waals surface area contributed by atoms with Crippen LogP contribution in [0.2, 0.25) is 0 Å². The molecule has 0 aromatic carbocycles. The Bertz CT molecular complexity index is 707. The van der Waals surface area contributed by atoms with Gasteiger partial charge in [-0.3, -0.25) is 4.90 Å². The number of nitrogens with zero attached hydrogens (tertiary/aromatic N) is 4. The van der Waals surface area contributed by atoms with Gasteiger partial charge in [0.05, 0.1) is 5.69 Å². The number of amides is 1. The lowest BCUT2D eigenvalue weighted by Gasteiger charge is -2.38. The van der Waals surface area contributed by atoms with Gasteiger partial charge in [0.2, 0.25) is 0 Å². The van der Waals surface area contributed by atoms with Crippen LogP contribution in [0.1, 0.15) is 31.0 Å². The van der Waals surface area contributed by atoms with E-state index in [4.69, 9.17) is 5.11 Å². The van der Waals surface area contributed by atoms with Crippen molar-refractivity contribution >= 4 is 11.8 Å². The molecule has 1 amide bonds. The minimum absolute atomic E-state index is 0.00581. The van der Waals surface area contributed by atoms with Crippen molar-refractivity contribution in [3.05, 3.63) is 23.5 Å². The molecule has 1 unspecified atom stereocenters. The molecule has 0 bridgehead atoms. The third-order valence-corrected chi connectivity index (χ3v) is 5.38. The molecule has 0 spiro atoms. The molecular formula is C18H24F4N4O2. The van der Waals surface area contributed by atoms with Gasteiger partial charge in [-0.1, -0.05) is 0 Å². The highest BCUT2D eigenvalue weighted by Gasteiger charge is 2.38. The molecule has 1 aromatic heterocycles. The summed E-state index contributed by atoms with van der Waals surface area (Å²) in [6, 6.07) is 1.43. The number of piperazine rings is 1. The SMILES string of the molecule is CC1CN(C(=O)O)CCN1Cc1cnc(C(F)(F)F)c(N2CCC(F)CC2)c1. The first-order chi connectivity index (χ1) is 13.1. The van der Waals surface area contributed by atoms with Crippen molar-refractivity contribution in [1.29, 1.82) is 0 Å². The second-order valence-electron chi connectivity index (χ2n) is 7.42. The van der Waals surface area contributed by atoms with Crippen molar-refractivity contribution in [2.75, 3.05) is 37.6 Å². The molecule has 156 valence electrons. The van der Waals surface area contributed by atoms with Crippen molar-refractivity contribution < 1.29 is 27.5 Å². The van der Waals surface area contributed by atoms with Crippen molar-refractivity contribution in [3.63, 3.8) is 0 Å². The molecule has 2 aliphatic heterocycles. The number of hydrogen-bond donors (Lipinski definition) is 1. The third-order valence-electron chi connectivity index (χ3n) is 5.38. The highest BCUT2D eigenvalue weighted by Crippen LogP contribution is 2.37. The summed E-state index contributed by atoms with van der Waals surface area (Å²) in [5, 5.41) is 9.10. The first-order valence-corrected chi connectivity index (χ1v) is 9.32. The van der Waals surface area contributed by atoms with Crippen LogP contribution in [0.25, 0.3) is 0 Å². The van der Waals surface area contributed by atoms with Gasteiger partial charge in [0.25, 0.3) is 0 Å². The number of carboxylic acid groups (broad SMARTS) is 1. The molecule has 2 aliphatic rings. The van der Waals surface area contributed by atoms with E-state index in [1.165, 1.54) is 17.2 Å². The Labute approximate surface area is 160 Å². The smallest absolute Gasteiger partial charge is 0.435 e. The molecule has 3 heterocycles. The number of rotatable bonds is 3. The first kappa shape index (κ1) is 20.6. The number of piperidine rings is 1. The van der Waals surface area contributed by atoms with Crippen LogP contribution in [0.15, 0.2) is 12.3 Å². The molecule has 10 heteroatoms. The Morgan fingerprint density at radius 3 is 2.50 bits per heavy atom. The zero-order chi connectivity index (χ0) is 20.5. The number of alkyl halides is 4. The number of aromatic nitrogens is 1. The number of pyridine rings is 1. The fourth-order valence-corrected chi connectivity index (χ4v) is 3.77. The molecule has 0 saturated carbocycles.